The highest BCUT2D eigenvalue weighted by Gasteiger charge is 2.30. The first-order chi connectivity index (χ1) is 7.71. The van der Waals surface area contributed by atoms with Crippen LogP contribution in [0.2, 0.25) is 0 Å². The Hall–Kier alpha value is -1.24. The van der Waals surface area contributed by atoms with Gasteiger partial charge in [-0.1, -0.05) is 0 Å². The van der Waals surface area contributed by atoms with Gasteiger partial charge < -0.3 is 11.1 Å². The smallest absolute Gasteiger partial charge is 0.373 e. The van der Waals surface area contributed by atoms with E-state index in [0.717, 1.165) is 12.1 Å². The molecule has 0 aromatic heterocycles. The Labute approximate surface area is 104 Å². The van der Waals surface area contributed by atoms with Crippen molar-refractivity contribution < 1.29 is 18.0 Å². The maximum Gasteiger partial charge on any atom is 0.416 e. The van der Waals surface area contributed by atoms with Crippen LogP contribution in [0.15, 0.2) is 22.7 Å². The van der Waals surface area contributed by atoms with E-state index in [0.29, 0.717) is 5.69 Å². The van der Waals surface area contributed by atoms with Crippen molar-refractivity contribution >= 4 is 27.5 Å². The van der Waals surface area contributed by atoms with Crippen molar-refractivity contribution in [2.75, 3.05) is 5.32 Å². The summed E-state index contributed by atoms with van der Waals surface area (Å²) < 4.78 is 37.3. The van der Waals surface area contributed by atoms with Gasteiger partial charge in [0.05, 0.1) is 5.56 Å². The summed E-state index contributed by atoms with van der Waals surface area (Å²) in [4.78, 5) is 10.8. The van der Waals surface area contributed by atoms with Gasteiger partial charge in [0.15, 0.2) is 0 Å². The number of primary amides is 1. The number of halogens is 4. The zero-order valence-corrected chi connectivity index (χ0v) is 10.4. The molecule has 3 N–H and O–H groups in total. The third-order valence-corrected chi connectivity index (χ3v) is 2.75. The highest BCUT2D eigenvalue weighted by atomic mass is 79.9. The van der Waals surface area contributed by atoms with Gasteiger partial charge in [-0.15, -0.1) is 0 Å². The van der Waals surface area contributed by atoms with E-state index in [4.69, 9.17) is 5.73 Å². The Morgan fingerprint density at radius 3 is 2.47 bits per heavy atom. The molecule has 0 aliphatic rings. The Morgan fingerprint density at radius 1 is 1.47 bits per heavy atom. The predicted molar refractivity (Wildman–Crippen MR) is 61.4 cm³/mol. The lowest BCUT2D eigenvalue weighted by molar-refractivity contribution is -0.137. The average molecular weight is 311 g/mol. The molecular weight excluding hydrogens is 301 g/mol. The van der Waals surface area contributed by atoms with Gasteiger partial charge in [0.1, 0.15) is 6.04 Å². The molecule has 0 saturated heterocycles. The molecule has 1 amide bonds. The molecule has 3 nitrogen and oxygen atoms in total. The first-order valence-corrected chi connectivity index (χ1v) is 5.43. The molecule has 94 valence electrons. The summed E-state index contributed by atoms with van der Waals surface area (Å²) in [6, 6.07) is 2.45. The van der Waals surface area contributed by atoms with Gasteiger partial charge >= 0.3 is 6.18 Å². The molecule has 1 atom stereocenters. The van der Waals surface area contributed by atoms with E-state index in [1.807, 2.05) is 0 Å². The van der Waals surface area contributed by atoms with Crippen molar-refractivity contribution in [3.05, 3.63) is 28.2 Å². The lowest BCUT2D eigenvalue weighted by atomic mass is 10.2. The molecule has 0 spiro atoms. The summed E-state index contributed by atoms with van der Waals surface area (Å²) in [6.07, 6.45) is -4.39. The summed E-state index contributed by atoms with van der Waals surface area (Å²) in [6.45, 7) is 1.52. The lowest BCUT2D eigenvalue weighted by Gasteiger charge is -2.15. The van der Waals surface area contributed by atoms with E-state index in [9.17, 15) is 18.0 Å². The third-order valence-electron chi connectivity index (χ3n) is 2.10. The first-order valence-electron chi connectivity index (χ1n) is 4.64. The van der Waals surface area contributed by atoms with Crippen LogP contribution in [0.1, 0.15) is 12.5 Å². The molecule has 1 aromatic carbocycles. The maximum atomic E-state index is 12.4. The van der Waals surface area contributed by atoms with E-state index in [1.165, 1.54) is 13.0 Å². The van der Waals surface area contributed by atoms with Gasteiger partial charge in [-0.05, 0) is 41.1 Å². The number of anilines is 1. The van der Waals surface area contributed by atoms with Crippen molar-refractivity contribution in [1.29, 1.82) is 0 Å². The molecule has 1 aromatic rings. The van der Waals surface area contributed by atoms with Crippen LogP contribution >= 0.6 is 15.9 Å². The second-order valence-corrected chi connectivity index (χ2v) is 4.32. The Morgan fingerprint density at radius 2 is 2.06 bits per heavy atom. The van der Waals surface area contributed by atoms with Gasteiger partial charge in [-0.25, -0.2) is 0 Å². The molecule has 0 aliphatic heterocycles. The number of carbonyl (C=O) groups excluding carboxylic acids is 1. The fourth-order valence-electron chi connectivity index (χ4n) is 1.11. The molecule has 0 radical (unpaired) electrons. The van der Waals surface area contributed by atoms with Crippen LogP contribution in [0.5, 0.6) is 0 Å². The minimum atomic E-state index is -4.39. The summed E-state index contributed by atoms with van der Waals surface area (Å²) >= 11 is 3.00. The Bertz CT molecular complexity index is 434. The number of rotatable bonds is 3. The van der Waals surface area contributed by atoms with Crippen LogP contribution < -0.4 is 11.1 Å². The normalized spacial score (nSPS) is 13.2. The highest BCUT2D eigenvalue weighted by Crippen LogP contribution is 2.34. The molecular formula is C10H10BrF3N2O. The zero-order valence-electron chi connectivity index (χ0n) is 8.81. The maximum absolute atomic E-state index is 12.4. The van der Waals surface area contributed by atoms with E-state index in [-0.39, 0.29) is 4.47 Å². The predicted octanol–water partition coefficient (Wildman–Crippen LogP) is 2.75. The number of alkyl halides is 3. The third kappa shape index (κ3) is 3.62. The highest BCUT2D eigenvalue weighted by molar-refractivity contribution is 9.10. The molecule has 1 unspecified atom stereocenters. The number of nitrogens with two attached hydrogens (primary N) is 1. The lowest BCUT2D eigenvalue weighted by Crippen LogP contribution is -2.32. The molecule has 0 heterocycles. The van der Waals surface area contributed by atoms with Crippen molar-refractivity contribution in [3.8, 4) is 0 Å². The van der Waals surface area contributed by atoms with E-state index < -0.39 is 23.7 Å². The number of nitrogens with one attached hydrogen (secondary N) is 1. The van der Waals surface area contributed by atoms with Gasteiger partial charge in [-0.3, -0.25) is 4.79 Å². The van der Waals surface area contributed by atoms with Crippen LogP contribution in [0.25, 0.3) is 0 Å². The number of hydrogen-bond donors (Lipinski definition) is 2. The topological polar surface area (TPSA) is 55.1 Å². The standard InChI is InChI=1S/C10H10BrF3N2O/c1-5(9(15)17)16-8-3-2-6(4-7(8)11)10(12,13)14/h2-5,16H,1H3,(H2,15,17). The van der Waals surface area contributed by atoms with Crippen LogP contribution in [0.3, 0.4) is 0 Å². The number of carbonyl (C=O) groups is 1. The fraction of sp³-hybridized carbons (Fsp3) is 0.300. The minimum Gasteiger partial charge on any atom is -0.373 e. The molecule has 1 rings (SSSR count). The SMILES string of the molecule is CC(Nc1ccc(C(F)(F)F)cc1Br)C(N)=O. The molecule has 0 saturated carbocycles. The summed E-state index contributed by atoms with van der Waals surface area (Å²) in [5.41, 5.74) is 4.65. The van der Waals surface area contributed by atoms with Gasteiger partial charge in [-0.2, -0.15) is 13.2 Å². The second kappa shape index (κ2) is 4.95. The number of benzene rings is 1. The monoisotopic (exact) mass is 310 g/mol. The molecule has 17 heavy (non-hydrogen) atoms. The van der Waals surface area contributed by atoms with Crippen molar-refractivity contribution in [2.45, 2.75) is 19.1 Å². The van der Waals surface area contributed by atoms with E-state index in [1.54, 1.807) is 0 Å². The van der Waals surface area contributed by atoms with E-state index in [2.05, 4.69) is 21.2 Å². The molecule has 0 aliphatic carbocycles. The van der Waals surface area contributed by atoms with Crippen LogP contribution in [-0.4, -0.2) is 11.9 Å². The van der Waals surface area contributed by atoms with Gasteiger partial charge in [0.2, 0.25) is 5.91 Å². The Balaban J connectivity index is 2.95. The summed E-state index contributed by atoms with van der Waals surface area (Å²) in [5.74, 6) is -0.586. The summed E-state index contributed by atoms with van der Waals surface area (Å²) in [7, 11) is 0. The minimum absolute atomic E-state index is 0.223. The number of amides is 1. The quantitative estimate of drug-likeness (QED) is 0.902. The fourth-order valence-corrected chi connectivity index (χ4v) is 1.61. The van der Waals surface area contributed by atoms with E-state index >= 15 is 0 Å². The zero-order chi connectivity index (χ0) is 13.2. The van der Waals surface area contributed by atoms with Crippen molar-refractivity contribution in [2.24, 2.45) is 5.73 Å². The van der Waals surface area contributed by atoms with Gasteiger partial charge in [0.25, 0.3) is 0 Å². The molecule has 7 heteroatoms. The largest absolute Gasteiger partial charge is 0.416 e. The number of hydrogen-bond acceptors (Lipinski definition) is 2. The van der Waals surface area contributed by atoms with Crippen molar-refractivity contribution in [3.63, 3.8) is 0 Å². The second-order valence-electron chi connectivity index (χ2n) is 3.46. The molecule has 0 bridgehead atoms. The van der Waals surface area contributed by atoms with Crippen LogP contribution in [0.4, 0.5) is 18.9 Å². The molecule has 0 fully saturated rings. The van der Waals surface area contributed by atoms with Crippen LogP contribution in [0, 0.1) is 0 Å². The van der Waals surface area contributed by atoms with Crippen LogP contribution in [-0.2, 0) is 11.0 Å². The Kier molecular flexibility index (Phi) is 4.03. The van der Waals surface area contributed by atoms with Gasteiger partial charge in [0, 0.05) is 10.2 Å². The summed E-state index contributed by atoms with van der Waals surface area (Å²) in [5, 5.41) is 2.70. The first kappa shape index (κ1) is 13.8. The van der Waals surface area contributed by atoms with Crippen molar-refractivity contribution in [1.82, 2.24) is 0 Å². The average Bonchev–Trinajstić information content (AvgIpc) is 2.19.